The summed E-state index contributed by atoms with van der Waals surface area (Å²) in [7, 11) is 0. The van der Waals surface area contributed by atoms with Crippen molar-refractivity contribution in [2.75, 3.05) is 6.61 Å². The molecule has 1 aromatic rings. The number of aliphatic hydroxyl groups excluding tert-OH is 1. The number of hydrogen-bond acceptors (Lipinski definition) is 8. The highest BCUT2D eigenvalue weighted by Crippen LogP contribution is 2.47. The molecule has 1 aliphatic heterocycles. The second-order valence-electron chi connectivity index (χ2n) is 12.2. The SMILES string of the molecule is CCCCCCCCCCCC(=O)[C@@]1(O)[C@@H](CO)O[C@@H](n2ccc(=O)[nH]c2=O)[C@@]1(O)C(=O)CCCCCCCCCCC. The second-order valence-corrected chi connectivity index (χ2v) is 12.2. The van der Waals surface area contributed by atoms with Crippen LogP contribution in [0.2, 0.25) is 0 Å². The van der Waals surface area contributed by atoms with Crippen LogP contribution in [0.25, 0.3) is 0 Å². The molecule has 2 heterocycles. The molecular formula is C33H56N2O8. The summed E-state index contributed by atoms with van der Waals surface area (Å²) in [6.45, 7) is 3.49. The molecule has 2 rings (SSSR count). The zero-order valence-corrected chi connectivity index (χ0v) is 26.5. The molecule has 0 spiro atoms. The van der Waals surface area contributed by atoms with E-state index >= 15 is 0 Å². The summed E-state index contributed by atoms with van der Waals surface area (Å²) in [5.74, 6) is -1.64. The molecule has 0 aliphatic carbocycles. The van der Waals surface area contributed by atoms with Gasteiger partial charge in [-0.2, -0.15) is 0 Å². The molecule has 0 aromatic carbocycles. The summed E-state index contributed by atoms with van der Waals surface area (Å²) in [4.78, 5) is 53.7. The summed E-state index contributed by atoms with van der Waals surface area (Å²) >= 11 is 0. The van der Waals surface area contributed by atoms with E-state index in [1.165, 1.54) is 51.4 Å². The fourth-order valence-corrected chi connectivity index (χ4v) is 6.16. The van der Waals surface area contributed by atoms with Gasteiger partial charge in [0.25, 0.3) is 5.56 Å². The van der Waals surface area contributed by atoms with Crippen LogP contribution in [0.5, 0.6) is 0 Å². The number of Topliss-reactive ketones (excluding diaryl/α,β-unsaturated/α-hetero) is 2. The van der Waals surface area contributed by atoms with Gasteiger partial charge >= 0.3 is 5.69 Å². The number of H-pyrrole nitrogens is 1. The largest absolute Gasteiger partial charge is 0.394 e. The van der Waals surface area contributed by atoms with Gasteiger partial charge < -0.3 is 20.1 Å². The van der Waals surface area contributed by atoms with Crippen molar-refractivity contribution in [2.45, 2.75) is 166 Å². The molecule has 0 amide bonds. The van der Waals surface area contributed by atoms with Crippen LogP contribution in [0.3, 0.4) is 0 Å². The van der Waals surface area contributed by atoms with Crippen LogP contribution in [-0.4, -0.2) is 60.4 Å². The van der Waals surface area contributed by atoms with Gasteiger partial charge in [-0.05, 0) is 12.8 Å². The number of nitrogens with zero attached hydrogens (tertiary/aromatic N) is 1. The molecule has 1 fully saturated rings. The monoisotopic (exact) mass is 608 g/mol. The van der Waals surface area contributed by atoms with Crippen molar-refractivity contribution in [3.63, 3.8) is 0 Å². The van der Waals surface area contributed by atoms with Gasteiger partial charge in [-0.15, -0.1) is 0 Å². The minimum absolute atomic E-state index is 0.118. The van der Waals surface area contributed by atoms with Crippen molar-refractivity contribution in [2.24, 2.45) is 0 Å². The average molecular weight is 609 g/mol. The summed E-state index contributed by atoms with van der Waals surface area (Å²) < 4.78 is 6.52. The van der Waals surface area contributed by atoms with Gasteiger partial charge in [-0.3, -0.25) is 23.9 Å². The first-order chi connectivity index (χ1) is 20.7. The molecule has 0 unspecified atom stereocenters. The van der Waals surface area contributed by atoms with Gasteiger partial charge in [0.1, 0.15) is 6.10 Å². The number of hydrogen-bond donors (Lipinski definition) is 4. The molecule has 246 valence electrons. The lowest BCUT2D eigenvalue weighted by Crippen LogP contribution is -2.67. The van der Waals surface area contributed by atoms with Gasteiger partial charge in [0.05, 0.1) is 6.61 Å². The number of nitrogens with one attached hydrogen (secondary N) is 1. The maximum Gasteiger partial charge on any atom is 0.330 e. The normalized spacial score (nSPS) is 23.6. The van der Waals surface area contributed by atoms with Crippen molar-refractivity contribution in [1.29, 1.82) is 0 Å². The van der Waals surface area contributed by atoms with E-state index in [0.717, 1.165) is 68.2 Å². The van der Waals surface area contributed by atoms with Crippen molar-refractivity contribution in [3.8, 4) is 0 Å². The highest BCUT2D eigenvalue weighted by molar-refractivity contribution is 6.00. The Labute approximate surface area is 256 Å². The first kappa shape index (κ1) is 37.0. The maximum atomic E-state index is 13.7. The Hall–Kier alpha value is -2.14. The predicted molar refractivity (Wildman–Crippen MR) is 166 cm³/mol. The summed E-state index contributed by atoms with van der Waals surface area (Å²) in [5, 5.41) is 34.0. The lowest BCUT2D eigenvalue weighted by atomic mass is 9.72. The van der Waals surface area contributed by atoms with Gasteiger partial charge in [-0.25, -0.2) is 4.79 Å². The second kappa shape index (κ2) is 19.3. The van der Waals surface area contributed by atoms with Crippen molar-refractivity contribution in [3.05, 3.63) is 33.1 Å². The third-order valence-corrected chi connectivity index (χ3v) is 8.83. The van der Waals surface area contributed by atoms with Crippen LogP contribution < -0.4 is 11.2 Å². The third kappa shape index (κ3) is 9.93. The van der Waals surface area contributed by atoms with Gasteiger partial charge in [0.2, 0.25) is 5.60 Å². The van der Waals surface area contributed by atoms with Crippen LogP contribution in [0.4, 0.5) is 0 Å². The number of rotatable bonds is 24. The Morgan fingerprint density at radius 2 is 1.16 bits per heavy atom. The van der Waals surface area contributed by atoms with Gasteiger partial charge in [0, 0.05) is 25.1 Å². The van der Waals surface area contributed by atoms with E-state index in [-0.39, 0.29) is 12.8 Å². The van der Waals surface area contributed by atoms with Gasteiger partial charge in [0.15, 0.2) is 23.4 Å². The fourth-order valence-electron chi connectivity index (χ4n) is 6.16. The summed E-state index contributed by atoms with van der Waals surface area (Å²) in [6, 6.07) is 1.02. The van der Waals surface area contributed by atoms with Crippen molar-refractivity contribution < 1.29 is 29.6 Å². The van der Waals surface area contributed by atoms with Gasteiger partial charge in [-0.1, -0.05) is 117 Å². The third-order valence-electron chi connectivity index (χ3n) is 8.83. The number of carbonyl (C=O) groups is 2. The highest BCUT2D eigenvalue weighted by Gasteiger charge is 2.72. The van der Waals surface area contributed by atoms with E-state index in [4.69, 9.17) is 4.74 Å². The standard InChI is InChI=1S/C33H56N2O8/c1-3-5-7-9-11-13-15-17-19-21-26(37)32(41)28(25-36)43-30(35-24-23-29(39)34-31(35)40)33(32,42)27(38)22-20-18-16-14-12-10-8-6-4-2/h23-24,28,30,36,41-42H,3-22,25H2,1-2H3,(H,34,39,40)/t28-,30-,32-,33+/m1/s1. The first-order valence-corrected chi connectivity index (χ1v) is 16.8. The Morgan fingerprint density at radius 3 is 1.58 bits per heavy atom. The van der Waals surface area contributed by atoms with E-state index in [1.54, 1.807) is 0 Å². The van der Waals surface area contributed by atoms with Crippen LogP contribution in [0, 0.1) is 0 Å². The van der Waals surface area contributed by atoms with E-state index in [1.807, 2.05) is 0 Å². The molecule has 0 radical (unpaired) electrons. The lowest BCUT2D eigenvalue weighted by molar-refractivity contribution is -0.184. The van der Waals surface area contributed by atoms with Crippen molar-refractivity contribution in [1.82, 2.24) is 9.55 Å². The number of ether oxygens (including phenoxy) is 1. The van der Waals surface area contributed by atoms with Crippen LogP contribution in [0.15, 0.2) is 21.9 Å². The number of ketones is 2. The molecule has 1 aromatic heterocycles. The average Bonchev–Trinajstić information content (AvgIpc) is 3.23. The molecule has 4 N–H and O–H groups in total. The van der Waals surface area contributed by atoms with E-state index in [0.29, 0.717) is 12.8 Å². The first-order valence-electron chi connectivity index (χ1n) is 16.8. The number of unbranched alkanes of at least 4 members (excludes halogenated alkanes) is 16. The van der Waals surface area contributed by atoms with Crippen LogP contribution in [-0.2, 0) is 14.3 Å². The molecular weight excluding hydrogens is 552 g/mol. The molecule has 4 atom stereocenters. The summed E-state index contributed by atoms with van der Waals surface area (Å²) in [5.41, 5.74) is -7.27. The number of carbonyl (C=O) groups excluding carboxylic acids is 2. The molecule has 1 saturated heterocycles. The van der Waals surface area contributed by atoms with E-state index in [2.05, 4.69) is 18.8 Å². The zero-order chi connectivity index (χ0) is 31.7. The quantitative estimate of drug-likeness (QED) is 0.121. The minimum atomic E-state index is -2.83. The molecule has 0 saturated carbocycles. The number of aromatic amines is 1. The van der Waals surface area contributed by atoms with Crippen molar-refractivity contribution >= 4 is 11.6 Å². The smallest absolute Gasteiger partial charge is 0.330 e. The Bertz CT molecular complexity index is 1090. The zero-order valence-electron chi connectivity index (χ0n) is 26.5. The summed E-state index contributed by atoms with van der Waals surface area (Å²) in [6.07, 6.45) is 15.5. The Kier molecular flexibility index (Phi) is 16.6. The molecule has 10 nitrogen and oxygen atoms in total. The number of aliphatic hydroxyl groups is 3. The maximum absolute atomic E-state index is 13.7. The molecule has 0 bridgehead atoms. The van der Waals surface area contributed by atoms with E-state index < -0.39 is 53.0 Å². The highest BCUT2D eigenvalue weighted by atomic mass is 16.6. The predicted octanol–water partition coefficient (Wildman–Crippen LogP) is 4.87. The van der Waals surface area contributed by atoms with Crippen LogP contribution in [0.1, 0.15) is 148 Å². The van der Waals surface area contributed by atoms with E-state index in [9.17, 15) is 34.5 Å². The Morgan fingerprint density at radius 1 is 0.744 bits per heavy atom. The molecule has 10 heteroatoms. The Balaban J connectivity index is 2.15. The molecule has 1 aliphatic rings. The van der Waals surface area contributed by atoms with Crippen LogP contribution >= 0.6 is 0 Å². The fraction of sp³-hybridized carbons (Fsp3) is 0.818. The number of aromatic nitrogens is 2. The minimum Gasteiger partial charge on any atom is -0.394 e. The topological polar surface area (TPSA) is 159 Å². The molecule has 43 heavy (non-hydrogen) atoms. The lowest BCUT2D eigenvalue weighted by Gasteiger charge is -2.38.